The summed E-state index contributed by atoms with van der Waals surface area (Å²) < 4.78 is 11.0. The first-order valence-electron chi connectivity index (χ1n) is 8.91. The van der Waals surface area contributed by atoms with Gasteiger partial charge < -0.3 is 19.7 Å². The number of hydrogen-bond acceptors (Lipinski definition) is 4. The first-order valence-corrected chi connectivity index (χ1v) is 8.91. The maximum atomic E-state index is 12.4. The minimum Gasteiger partial charge on any atom is -0.495 e. The zero-order valence-corrected chi connectivity index (χ0v) is 16.6. The molecule has 1 unspecified atom stereocenters. The molecule has 0 radical (unpaired) electrons. The van der Waals surface area contributed by atoms with Gasteiger partial charge in [-0.05, 0) is 51.8 Å². The van der Waals surface area contributed by atoms with Gasteiger partial charge in [0.1, 0.15) is 11.4 Å². The van der Waals surface area contributed by atoms with Crippen molar-refractivity contribution in [3.05, 3.63) is 23.8 Å². The standard InChI is InChI=1S/C20H32N2O3/c1-14-8-9-15(16(12-14)24-7)21-17-10-11-22(13-20(17,5)6)18(23)25-19(2,3)4/h8-9,12,17,21H,10-11,13H2,1-7H3. The van der Waals surface area contributed by atoms with Gasteiger partial charge >= 0.3 is 6.09 Å². The molecule has 0 aliphatic carbocycles. The Kier molecular flexibility index (Phi) is 5.55. The molecule has 1 aliphatic rings. The van der Waals surface area contributed by atoms with E-state index in [4.69, 9.17) is 9.47 Å². The summed E-state index contributed by atoms with van der Waals surface area (Å²) in [6.45, 7) is 13.5. The van der Waals surface area contributed by atoms with Gasteiger partial charge in [0.25, 0.3) is 0 Å². The molecule has 1 saturated heterocycles. The summed E-state index contributed by atoms with van der Waals surface area (Å²) in [4.78, 5) is 14.2. The van der Waals surface area contributed by atoms with Crippen LogP contribution in [0.4, 0.5) is 10.5 Å². The van der Waals surface area contributed by atoms with Gasteiger partial charge in [0.15, 0.2) is 0 Å². The van der Waals surface area contributed by atoms with Crippen molar-refractivity contribution in [1.82, 2.24) is 4.90 Å². The number of nitrogens with zero attached hydrogens (tertiary/aromatic N) is 1. The number of amides is 1. The van der Waals surface area contributed by atoms with Gasteiger partial charge in [-0.3, -0.25) is 0 Å². The van der Waals surface area contributed by atoms with E-state index < -0.39 is 5.60 Å². The molecule has 1 aromatic rings. The van der Waals surface area contributed by atoms with E-state index in [0.717, 1.165) is 17.9 Å². The van der Waals surface area contributed by atoms with Crippen LogP contribution in [0.3, 0.4) is 0 Å². The van der Waals surface area contributed by atoms with Crippen LogP contribution in [-0.4, -0.2) is 42.8 Å². The maximum absolute atomic E-state index is 12.4. The van der Waals surface area contributed by atoms with Crippen LogP contribution in [0, 0.1) is 12.3 Å². The number of likely N-dealkylation sites (tertiary alicyclic amines) is 1. The van der Waals surface area contributed by atoms with Crippen LogP contribution in [0.25, 0.3) is 0 Å². The predicted octanol–water partition coefficient (Wildman–Crippen LogP) is 4.45. The normalized spacial score (nSPS) is 20.1. The molecule has 140 valence electrons. The molecule has 1 N–H and O–H groups in total. The van der Waals surface area contributed by atoms with Crippen molar-refractivity contribution in [3.8, 4) is 5.75 Å². The third-order valence-electron chi connectivity index (χ3n) is 4.57. The molecule has 1 fully saturated rings. The van der Waals surface area contributed by atoms with Crippen molar-refractivity contribution < 1.29 is 14.3 Å². The Morgan fingerprint density at radius 2 is 2.00 bits per heavy atom. The molecule has 1 amide bonds. The van der Waals surface area contributed by atoms with Crippen LogP contribution < -0.4 is 10.1 Å². The lowest BCUT2D eigenvalue weighted by Crippen LogP contribution is -2.54. The molecule has 5 nitrogen and oxygen atoms in total. The number of carbonyl (C=O) groups is 1. The van der Waals surface area contributed by atoms with E-state index in [-0.39, 0.29) is 17.6 Å². The fourth-order valence-corrected chi connectivity index (χ4v) is 3.21. The van der Waals surface area contributed by atoms with E-state index >= 15 is 0 Å². The second-order valence-corrected chi connectivity index (χ2v) is 8.58. The molecular formula is C20H32N2O3. The Morgan fingerprint density at radius 1 is 1.32 bits per heavy atom. The molecule has 0 bridgehead atoms. The van der Waals surface area contributed by atoms with E-state index in [9.17, 15) is 4.79 Å². The number of nitrogens with one attached hydrogen (secondary N) is 1. The summed E-state index contributed by atoms with van der Waals surface area (Å²) in [5.41, 5.74) is 1.62. The zero-order chi connectivity index (χ0) is 18.8. The Balaban J connectivity index is 2.07. The second kappa shape index (κ2) is 7.14. The second-order valence-electron chi connectivity index (χ2n) is 8.58. The average molecular weight is 348 g/mol. The van der Waals surface area contributed by atoms with Crippen LogP contribution >= 0.6 is 0 Å². The van der Waals surface area contributed by atoms with Crippen molar-refractivity contribution in [2.45, 2.75) is 59.6 Å². The molecule has 2 rings (SSSR count). The summed E-state index contributed by atoms with van der Waals surface area (Å²) >= 11 is 0. The quantitative estimate of drug-likeness (QED) is 0.877. The lowest BCUT2D eigenvalue weighted by atomic mass is 9.79. The average Bonchev–Trinajstić information content (AvgIpc) is 2.48. The summed E-state index contributed by atoms with van der Waals surface area (Å²) in [5.74, 6) is 0.852. The molecule has 1 atom stereocenters. The SMILES string of the molecule is COc1cc(C)ccc1NC1CCN(C(=O)OC(C)(C)C)CC1(C)C. The zero-order valence-electron chi connectivity index (χ0n) is 16.6. The highest BCUT2D eigenvalue weighted by molar-refractivity contribution is 5.68. The number of carbonyl (C=O) groups excluding carboxylic acids is 1. The molecule has 1 aromatic carbocycles. The van der Waals surface area contributed by atoms with Gasteiger partial charge in [0, 0.05) is 24.5 Å². The number of rotatable bonds is 3. The van der Waals surface area contributed by atoms with Crippen molar-refractivity contribution in [3.63, 3.8) is 0 Å². The fourth-order valence-electron chi connectivity index (χ4n) is 3.21. The molecule has 1 aliphatic heterocycles. The van der Waals surface area contributed by atoms with E-state index in [0.29, 0.717) is 13.1 Å². The van der Waals surface area contributed by atoms with Crippen molar-refractivity contribution in [1.29, 1.82) is 0 Å². The van der Waals surface area contributed by atoms with E-state index in [1.165, 1.54) is 5.56 Å². The van der Waals surface area contributed by atoms with E-state index in [1.807, 2.05) is 31.7 Å². The molecule has 0 spiro atoms. The fraction of sp³-hybridized carbons (Fsp3) is 0.650. The first-order chi connectivity index (χ1) is 11.5. The van der Waals surface area contributed by atoms with Crippen LogP contribution in [0.1, 0.15) is 46.6 Å². The molecule has 0 saturated carbocycles. The summed E-state index contributed by atoms with van der Waals surface area (Å²) in [7, 11) is 1.69. The number of hydrogen-bond donors (Lipinski definition) is 1. The molecule has 5 heteroatoms. The number of aryl methyl sites for hydroxylation is 1. The van der Waals surface area contributed by atoms with Crippen molar-refractivity contribution in [2.24, 2.45) is 5.41 Å². The third-order valence-corrected chi connectivity index (χ3v) is 4.57. The molecule has 0 aromatic heterocycles. The number of anilines is 1. The summed E-state index contributed by atoms with van der Waals surface area (Å²) in [6.07, 6.45) is 0.635. The van der Waals surface area contributed by atoms with Gasteiger partial charge in [0.2, 0.25) is 0 Å². The first kappa shape index (κ1) is 19.4. The van der Waals surface area contributed by atoms with E-state index in [1.54, 1.807) is 7.11 Å². The lowest BCUT2D eigenvalue weighted by molar-refractivity contribution is 0.00690. The topological polar surface area (TPSA) is 50.8 Å². The number of ether oxygens (including phenoxy) is 2. The van der Waals surface area contributed by atoms with Crippen LogP contribution in [0.15, 0.2) is 18.2 Å². The van der Waals surface area contributed by atoms with Crippen LogP contribution in [0.5, 0.6) is 5.75 Å². The predicted molar refractivity (Wildman–Crippen MR) is 101 cm³/mol. The van der Waals surface area contributed by atoms with Crippen molar-refractivity contribution in [2.75, 3.05) is 25.5 Å². The molecule has 1 heterocycles. The maximum Gasteiger partial charge on any atom is 0.410 e. The third kappa shape index (κ3) is 5.03. The van der Waals surface area contributed by atoms with Crippen LogP contribution in [0.2, 0.25) is 0 Å². The molecule has 25 heavy (non-hydrogen) atoms. The molecular weight excluding hydrogens is 316 g/mol. The lowest BCUT2D eigenvalue weighted by Gasteiger charge is -2.45. The van der Waals surface area contributed by atoms with E-state index in [2.05, 4.69) is 38.2 Å². The largest absolute Gasteiger partial charge is 0.495 e. The minimum atomic E-state index is -0.467. The van der Waals surface area contributed by atoms with Gasteiger partial charge in [0.05, 0.1) is 12.8 Å². The van der Waals surface area contributed by atoms with Crippen molar-refractivity contribution >= 4 is 11.8 Å². The Bertz CT molecular complexity index is 620. The monoisotopic (exact) mass is 348 g/mol. The van der Waals surface area contributed by atoms with Gasteiger partial charge in [-0.15, -0.1) is 0 Å². The smallest absolute Gasteiger partial charge is 0.410 e. The van der Waals surface area contributed by atoms with Gasteiger partial charge in [-0.2, -0.15) is 0 Å². The minimum absolute atomic E-state index is 0.0783. The Hall–Kier alpha value is -1.91. The van der Waals surface area contributed by atoms with Crippen LogP contribution in [-0.2, 0) is 4.74 Å². The van der Waals surface area contributed by atoms with Gasteiger partial charge in [-0.25, -0.2) is 4.79 Å². The number of benzene rings is 1. The highest BCUT2D eigenvalue weighted by Crippen LogP contribution is 2.35. The Labute approximate surface area is 151 Å². The number of methoxy groups -OCH3 is 1. The number of piperidine rings is 1. The summed E-state index contributed by atoms with van der Waals surface area (Å²) in [6, 6.07) is 6.42. The summed E-state index contributed by atoms with van der Waals surface area (Å²) in [5, 5.41) is 3.62. The highest BCUT2D eigenvalue weighted by atomic mass is 16.6. The van der Waals surface area contributed by atoms with Gasteiger partial charge in [-0.1, -0.05) is 19.9 Å². The Morgan fingerprint density at radius 3 is 2.56 bits per heavy atom. The highest BCUT2D eigenvalue weighted by Gasteiger charge is 2.39.